The number of esters is 1. The fraction of sp³-hybridized carbons (Fsp3) is 0.650. The van der Waals surface area contributed by atoms with Crippen molar-refractivity contribution in [3.05, 3.63) is 29.3 Å². The van der Waals surface area contributed by atoms with Gasteiger partial charge in [-0.15, -0.1) is 0 Å². The monoisotopic (exact) mass is 298 g/mol. The Hall–Kier alpha value is -1.31. The highest BCUT2D eigenvalue weighted by atomic mass is 16.5. The van der Waals surface area contributed by atoms with Crippen molar-refractivity contribution in [2.45, 2.75) is 64.7 Å². The summed E-state index contributed by atoms with van der Waals surface area (Å²) in [6.45, 7) is 4.01. The van der Waals surface area contributed by atoms with Crippen molar-refractivity contribution in [2.75, 3.05) is 0 Å². The lowest BCUT2D eigenvalue weighted by Gasteiger charge is -2.49. The van der Waals surface area contributed by atoms with E-state index in [1.165, 1.54) is 51.0 Å². The molecule has 0 aromatic heterocycles. The molecule has 2 fully saturated rings. The lowest BCUT2D eigenvalue weighted by molar-refractivity contribution is -0.131. The maximum atomic E-state index is 11.1. The fourth-order valence-corrected chi connectivity index (χ4v) is 5.78. The summed E-state index contributed by atoms with van der Waals surface area (Å²) >= 11 is 0. The average Bonchev–Trinajstić information content (AvgIpc) is 2.88. The van der Waals surface area contributed by atoms with Gasteiger partial charge >= 0.3 is 5.97 Å². The Balaban J connectivity index is 1.64. The van der Waals surface area contributed by atoms with Crippen molar-refractivity contribution in [2.24, 2.45) is 17.3 Å². The molecule has 4 rings (SSSR count). The van der Waals surface area contributed by atoms with E-state index in [0.29, 0.717) is 11.2 Å². The van der Waals surface area contributed by atoms with E-state index in [1.54, 1.807) is 5.56 Å². The topological polar surface area (TPSA) is 26.3 Å². The molecule has 3 unspecified atom stereocenters. The van der Waals surface area contributed by atoms with Gasteiger partial charge in [0.15, 0.2) is 0 Å². The molecule has 3 aliphatic rings. The number of aryl methyl sites for hydroxylation is 1. The molecule has 0 radical (unpaired) electrons. The fourth-order valence-electron chi connectivity index (χ4n) is 5.78. The van der Waals surface area contributed by atoms with Crippen LogP contribution in [0.3, 0.4) is 0 Å². The van der Waals surface area contributed by atoms with Crippen molar-refractivity contribution >= 4 is 5.97 Å². The number of ether oxygens (including phenoxy) is 1. The molecule has 0 aliphatic heterocycles. The van der Waals surface area contributed by atoms with Gasteiger partial charge in [-0.1, -0.05) is 19.4 Å². The van der Waals surface area contributed by atoms with Crippen LogP contribution in [-0.4, -0.2) is 5.97 Å². The van der Waals surface area contributed by atoms with Gasteiger partial charge in [-0.3, -0.25) is 4.79 Å². The summed E-state index contributed by atoms with van der Waals surface area (Å²) in [5.41, 5.74) is 3.58. The Morgan fingerprint density at radius 1 is 1.23 bits per heavy atom. The van der Waals surface area contributed by atoms with Crippen molar-refractivity contribution < 1.29 is 9.53 Å². The molecule has 22 heavy (non-hydrogen) atoms. The Labute approximate surface area is 133 Å². The predicted octanol–water partition coefficient (Wildman–Crippen LogP) is 4.86. The van der Waals surface area contributed by atoms with Gasteiger partial charge in [0.1, 0.15) is 5.75 Å². The first-order valence-corrected chi connectivity index (χ1v) is 8.88. The van der Waals surface area contributed by atoms with E-state index < -0.39 is 0 Å². The van der Waals surface area contributed by atoms with Crippen molar-refractivity contribution in [3.63, 3.8) is 0 Å². The molecule has 0 amide bonds. The third kappa shape index (κ3) is 2.19. The first-order valence-electron chi connectivity index (χ1n) is 8.88. The highest BCUT2D eigenvalue weighted by Gasteiger charge is 2.50. The number of rotatable bonds is 1. The first-order chi connectivity index (χ1) is 10.6. The van der Waals surface area contributed by atoms with Crippen LogP contribution in [0.25, 0.3) is 0 Å². The van der Waals surface area contributed by atoms with Crippen LogP contribution in [0.5, 0.6) is 5.75 Å². The predicted molar refractivity (Wildman–Crippen MR) is 87.0 cm³/mol. The lowest BCUT2D eigenvalue weighted by Crippen LogP contribution is -2.39. The summed E-state index contributed by atoms with van der Waals surface area (Å²) in [6, 6.07) is 6.34. The van der Waals surface area contributed by atoms with Crippen LogP contribution in [0.4, 0.5) is 0 Å². The van der Waals surface area contributed by atoms with E-state index in [1.807, 2.05) is 6.07 Å². The summed E-state index contributed by atoms with van der Waals surface area (Å²) in [5.74, 6) is 3.05. The zero-order chi connectivity index (χ0) is 15.3. The number of hydrogen-bond donors (Lipinski definition) is 0. The molecule has 0 saturated heterocycles. The minimum atomic E-state index is -0.229. The lowest BCUT2D eigenvalue weighted by atomic mass is 9.56. The van der Waals surface area contributed by atoms with Gasteiger partial charge in [-0.05, 0) is 85.0 Å². The summed E-state index contributed by atoms with van der Waals surface area (Å²) < 4.78 is 5.26. The molecule has 0 N–H and O–H groups in total. The second-order valence-corrected chi connectivity index (χ2v) is 7.95. The Kier molecular flexibility index (Phi) is 3.32. The summed E-state index contributed by atoms with van der Waals surface area (Å²) in [7, 11) is 0. The molecular weight excluding hydrogens is 272 g/mol. The molecule has 118 valence electrons. The van der Waals surface area contributed by atoms with Gasteiger partial charge in [0.05, 0.1) is 0 Å². The van der Waals surface area contributed by atoms with E-state index in [4.69, 9.17) is 4.74 Å². The normalized spacial score (nSPS) is 36.2. The smallest absolute Gasteiger partial charge is 0.308 e. The van der Waals surface area contributed by atoms with Crippen LogP contribution in [0.1, 0.15) is 69.4 Å². The molecule has 3 aliphatic carbocycles. The summed E-state index contributed by atoms with van der Waals surface area (Å²) in [4.78, 5) is 11.1. The SMILES string of the molecule is CC(=O)Oc1ccc2c(c1)CCC1C2CC[C@]2(C)CCCC12. The van der Waals surface area contributed by atoms with Gasteiger partial charge in [0, 0.05) is 6.92 Å². The van der Waals surface area contributed by atoms with Gasteiger partial charge in [-0.25, -0.2) is 0 Å². The van der Waals surface area contributed by atoms with E-state index >= 15 is 0 Å². The maximum Gasteiger partial charge on any atom is 0.308 e. The molecule has 2 nitrogen and oxygen atoms in total. The Morgan fingerprint density at radius 2 is 2.09 bits per heavy atom. The van der Waals surface area contributed by atoms with Gasteiger partial charge < -0.3 is 4.74 Å². The molecule has 2 heteroatoms. The standard InChI is InChI=1S/C20H26O2/c1-13(21)22-15-6-8-16-14(12-15)5-7-18-17(16)9-11-20(2)10-3-4-19(18)20/h6,8,12,17-19H,3-5,7,9-11H2,1-2H3/t17?,18?,19?,20-/m0/s1. The third-order valence-electron chi connectivity index (χ3n) is 6.74. The Morgan fingerprint density at radius 3 is 2.91 bits per heavy atom. The highest BCUT2D eigenvalue weighted by Crippen LogP contribution is 2.60. The van der Waals surface area contributed by atoms with E-state index in [-0.39, 0.29) is 5.97 Å². The number of fused-ring (bicyclic) bond motifs is 5. The third-order valence-corrected chi connectivity index (χ3v) is 6.74. The van der Waals surface area contributed by atoms with Crippen LogP contribution < -0.4 is 4.74 Å². The molecule has 1 aromatic carbocycles. The van der Waals surface area contributed by atoms with Gasteiger partial charge in [0.2, 0.25) is 0 Å². The van der Waals surface area contributed by atoms with Crippen LogP contribution in [0.2, 0.25) is 0 Å². The zero-order valence-electron chi connectivity index (χ0n) is 13.7. The van der Waals surface area contributed by atoms with Crippen LogP contribution in [0, 0.1) is 17.3 Å². The van der Waals surface area contributed by atoms with Crippen LogP contribution >= 0.6 is 0 Å². The highest BCUT2D eigenvalue weighted by molar-refractivity contribution is 5.69. The number of carbonyl (C=O) groups excluding carboxylic acids is 1. The second kappa shape index (κ2) is 5.11. The zero-order valence-corrected chi connectivity index (χ0v) is 13.7. The molecule has 0 spiro atoms. The number of hydrogen-bond acceptors (Lipinski definition) is 2. The number of carbonyl (C=O) groups is 1. The minimum Gasteiger partial charge on any atom is -0.427 e. The quantitative estimate of drug-likeness (QED) is 0.547. The van der Waals surface area contributed by atoms with Gasteiger partial charge in [-0.2, -0.15) is 0 Å². The molecule has 0 heterocycles. The second-order valence-electron chi connectivity index (χ2n) is 7.95. The Bertz CT molecular complexity index is 606. The van der Waals surface area contributed by atoms with Crippen molar-refractivity contribution in [1.82, 2.24) is 0 Å². The van der Waals surface area contributed by atoms with E-state index in [9.17, 15) is 4.79 Å². The summed E-state index contributed by atoms with van der Waals surface area (Å²) in [6.07, 6.45) is 9.53. The number of benzene rings is 1. The van der Waals surface area contributed by atoms with Crippen LogP contribution in [0.15, 0.2) is 18.2 Å². The molecule has 1 aromatic rings. The van der Waals surface area contributed by atoms with Crippen LogP contribution in [-0.2, 0) is 11.2 Å². The minimum absolute atomic E-state index is 0.229. The van der Waals surface area contributed by atoms with E-state index in [0.717, 1.165) is 24.2 Å². The molecule has 2 saturated carbocycles. The summed E-state index contributed by atoms with van der Waals surface area (Å²) in [5, 5.41) is 0. The first kappa shape index (κ1) is 14.3. The molecular formula is C20H26O2. The van der Waals surface area contributed by atoms with E-state index in [2.05, 4.69) is 19.1 Å². The van der Waals surface area contributed by atoms with Crippen molar-refractivity contribution in [3.8, 4) is 5.75 Å². The average molecular weight is 298 g/mol. The van der Waals surface area contributed by atoms with Gasteiger partial charge in [0.25, 0.3) is 0 Å². The molecule has 4 atom stereocenters. The molecule has 0 bridgehead atoms. The largest absolute Gasteiger partial charge is 0.427 e. The van der Waals surface area contributed by atoms with Crippen molar-refractivity contribution in [1.29, 1.82) is 0 Å². The maximum absolute atomic E-state index is 11.1.